The fourth-order valence-corrected chi connectivity index (χ4v) is 6.99. The molecule has 0 fully saturated rings. The minimum absolute atomic E-state index is 0.0413. The van der Waals surface area contributed by atoms with Gasteiger partial charge in [-0.1, -0.05) is 180 Å². The number of allylic oxidation sites excluding steroid dienone is 2. The molecule has 0 amide bonds. The molecule has 0 heterocycles. The summed E-state index contributed by atoms with van der Waals surface area (Å²) >= 11 is 0. The Balaban J connectivity index is 4.15. The van der Waals surface area contributed by atoms with Crippen LogP contribution in [0.2, 0.25) is 0 Å². The first kappa shape index (κ1) is 53.1. The summed E-state index contributed by atoms with van der Waals surface area (Å²) in [6, 6.07) is -0.723. The maximum Gasteiger partial charge on any atom is 0.306 e. The van der Waals surface area contributed by atoms with Gasteiger partial charge in [-0.3, -0.25) is 9.59 Å². The Labute approximate surface area is 339 Å². The van der Waals surface area contributed by atoms with E-state index in [4.69, 9.17) is 14.2 Å². The fourth-order valence-electron chi connectivity index (χ4n) is 6.99. The third-order valence-electron chi connectivity index (χ3n) is 10.7. The number of quaternary nitrogens is 1. The van der Waals surface area contributed by atoms with Crippen molar-refractivity contribution in [1.82, 2.24) is 0 Å². The van der Waals surface area contributed by atoms with Gasteiger partial charge in [0, 0.05) is 19.3 Å². The van der Waals surface area contributed by atoms with Gasteiger partial charge in [0.25, 0.3) is 0 Å². The molecule has 8 nitrogen and oxygen atoms in total. The van der Waals surface area contributed by atoms with Crippen LogP contribution in [-0.2, 0) is 28.6 Å². The van der Waals surface area contributed by atoms with Crippen molar-refractivity contribution in [3.05, 3.63) is 12.2 Å². The molecule has 0 aromatic rings. The number of likely N-dealkylation sites (N-methyl/N-ethyl adjacent to an activating group) is 1. The standard InChI is InChI=1S/C47H89NO7/c1-6-8-10-12-14-16-18-19-20-21-22-23-24-25-26-27-28-30-31-33-35-37-45(49)54-42-43(41-53-40-39-44(47(51)52)48(3,4)5)55-46(50)38-36-34-32-29-17-15-13-11-9-7-2/h13,15,43-44H,6-12,14,16-42H2,1-5H3/b15-13+. The molecule has 0 saturated carbocycles. The zero-order valence-corrected chi connectivity index (χ0v) is 36.9. The van der Waals surface area contributed by atoms with Gasteiger partial charge in [0.2, 0.25) is 0 Å². The van der Waals surface area contributed by atoms with Crippen LogP contribution >= 0.6 is 0 Å². The molecule has 324 valence electrons. The fraction of sp³-hybridized carbons (Fsp3) is 0.894. The number of carboxylic acid groups (broad SMARTS) is 1. The first-order chi connectivity index (χ1) is 26.6. The van der Waals surface area contributed by atoms with Gasteiger partial charge in [-0.15, -0.1) is 0 Å². The van der Waals surface area contributed by atoms with Crippen molar-refractivity contribution in [3.63, 3.8) is 0 Å². The van der Waals surface area contributed by atoms with Crippen LogP contribution in [0.5, 0.6) is 0 Å². The van der Waals surface area contributed by atoms with Crippen molar-refractivity contribution in [1.29, 1.82) is 0 Å². The number of hydrogen-bond acceptors (Lipinski definition) is 7. The number of aliphatic carboxylic acids is 1. The topological polar surface area (TPSA) is 102 Å². The summed E-state index contributed by atoms with van der Waals surface area (Å²) in [6.07, 6.45) is 41.1. The van der Waals surface area contributed by atoms with Gasteiger partial charge in [0.1, 0.15) is 12.6 Å². The lowest BCUT2D eigenvalue weighted by molar-refractivity contribution is -0.889. The SMILES string of the molecule is CCCC/C=C/CCCCCCC(=O)OC(COCCC(C(=O)[O-])[N+](C)(C)C)COC(=O)CCCCCCCCCCCCCCCCCCCCCCC. The van der Waals surface area contributed by atoms with E-state index in [0.717, 1.165) is 57.8 Å². The molecule has 2 atom stereocenters. The number of rotatable bonds is 42. The van der Waals surface area contributed by atoms with E-state index in [9.17, 15) is 19.5 Å². The zero-order valence-electron chi connectivity index (χ0n) is 36.9. The Kier molecular flexibility index (Phi) is 37.6. The average molecular weight is 780 g/mol. The minimum atomic E-state index is -1.12. The van der Waals surface area contributed by atoms with Gasteiger partial charge in [-0.25, -0.2) is 0 Å². The monoisotopic (exact) mass is 780 g/mol. The number of ether oxygens (including phenoxy) is 3. The number of carbonyl (C=O) groups is 3. The molecule has 0 aliphatic heterocycles. The van der Waals surface area contributed by atoms with Gasteiger partial charge in [-0.05, 0) is 32.1 Å². The van der Waals surface area contributed by atoms with Gasteiger partial charge in [0.15, 0.2) is 6.10 Å². The summed E-state index contributed by atoms with van der Waals surface area (Å²) in [6.45, 7) is 4.63. The van der Waals surface area contributed by atoms with E-state index >= 15 is 0 Å². The summed E-state index contributed by atoms with van der Waals surface area (Å²) in [5.74, 6) is -1.74. The Hall–Kier alpha value is -1.93. The molecule has 0 N–H and O–H groups in total. The second kappa shape index (κ2) is 38.9. The first-order valence-corrected chi connectivity index (χ1v) is 23.2. The predicted molar refractivity (Wildman–Crippen MR) is 227 cm³/mol. The Morgan fingerprint density at radius 3 is 1.36 bits per heavy atom. The highest BCUT2D eigenvalue weighted by atomic mass is 16.6. The minimum Gasteiger partial charge on any atom is -0.544 e. The summed E-state index contributed by atoms with van der Waals surface area (Å²) < 4.78 is 17.1. The highest BCUT2D eigenvalue weighted by Gasteiger charge is 2.25. The van der Waals surface area contributed by atoms with E-state index in [1.807, 2.05) is 0 Å². The van der Waals surface area contributed by atoms with Crippen molar-refractivity contribution < 1.29 is 38.2 Å². The molecule has 0 spiro atoms. The van der Waals surface area contributed by atoms with Gasteiger partial charge in [-0.2, -0.15) is 0 Å². The predicted octanol–water partition coefficient (Wildman–Crippen LogP) is 11.4. The maximum absolute atomic E-state index is 12.7. The van der Waals surface area contributed by atoms with Gasteiger partial charge < -0.3 is 28.6 Å². The van der Waals surface area contributed by atoms with E-state index in [1.54, 1.807) is 21.1 Å². The van der Waals surface area contributed by atoms with Gasteiger partial charge >= 0.3 is 11.9 Å². The highest BCUT2D eigenvalue weighted by molar-refractivity contribution is 5.70. The van der Waals surface area contributed by atoms with Gasteiger partial charge in [0.05, 0.1) is 40.3 Å². The number of nitrogens with zero attached hydrogens (tertiary/aromatic N) is 1. The maximum atomic E-state index is 12.7. The van der Waals surface area contributed by atoms with E-state index in [0.29, 0.717) is 12.8 Å². The van der Waals surface area contributed by atoms with E-state index in [2.05, 4.69) is 26.0 Å². The molecule has 0 bridgehead atoms. The number of carboxylic acids is 1. The van der Waals surface area contributed by atoms with E-state index in [1.165, 1.54) is 128 Å². The van der Waals surface area contributed by atoms with Crippen LogP contribution in [0.1, 0.15) is 219 Å². The van der Waals surface area contributed by atoms with Crippen LogP contribution in [0.4, 0.5) is 0 Å². The number of esters is 2. The summed E-state index contributed by atoms with van der Waals surface area (Å²) in [4.78, 5) is 36.8. The summed E-state index contributed by atoms with van der Waals surface area (Å²) in [5, 5.41) is 11.6. The van der Waals surface area contributed by atoms with Crippen molar-refractivity contribution in [2.75, 3.05) is 41.0 Å². The molecule has 55 heavy (non-hydrogen) atoms. The van der Waals surface area contributed by atoms with Crippen LogP contribution in [0.15, 0.2) is 12.2 Å². The van der Waals surface area contributed by atoms with E-state index < -0.39 is 18.1 Å². The molecule has 8 heteroatoms. The summed E-state index contributed by atoms with van der Waals surface area (Å²) in [5.41, 5.74) is 0. The third-order valence-corrected chi connectivity index (χ3v) is 10.7. The second-order valence-electron chi connectivity index (χ2n) is 17.0. The molecule has 0 aliphatic carbocycles. The number of hydrogen-bond donors (Lipinski definition) is 0. The molecule has 0 radical (unpaired) electrons. The molecular weight excluding hydrogens is 691 g/mol. The van der Waals surface area contributed by atoms with Crippen LogP contribution in [0, 0.1) is 0 Å². The third kappa shape index (κ3) is 37.4. The largest absolute Gasteiger partial charge is 0.544 e. The van der Waals surface area contributed by atoms with Crippen LogP contribution in [0.3, 0.4) is 0 Å². The Morgan fingerprint density at radius 1 is 0.527 bits per heavy atom. The second-order valence-corrected chi connectivity index (χ2v) is 17.0. The lowest BCUT2D eigenvalue weighted by atomic mass is 10.0. The van der Waals surface area contributed by atoms with Crippen LogP contribution in [0.25, 0.3) is 0 Å². The smallest absolute Gasteiger partial charge is 0.306 e. The lowest BCUT2D eigenvalue weighted by Gasteiger charge is -2.34. The van der Waals surface area contributed by atoms with Crippen molar-refractivity contribution in [2.45, 2.75) is 231 Å². The quantitative estimate of drug-likeness (QED) is 0.0263. The molecule has 2 unspecified atom stereocenters. The normalized spacial score (nSPS) is 13.0. The Bertz CT molecular complexity index is 915. The molecule has 0 rings (SSSR count). The Morgan fingerprint density at radius 2 is 0.927 bits per heavy atom. The number of unbranched alkanes of at least 4 members (excludes halogenated alkanes) is 26. The highest BCUT2D eigenvalue weighted by Crippen LogP contribution is 2.16. The molecule has 0 aliphatic rings. The molecule has 0 aromatic carbocycles. The van der Waals surface area contributed by atoms with Crippen LogP contribution < -0.4 is 5.11 Å². The molecule has 0 saturated heterocycles. The molecular formula is C47H89NO7. The van der Waals surface area contributed by atoms with Crippen molar-refractivity contribution in [3.8, 4) is 0 Å². The first-order valence-electron chi connectivity index (χ1n) is 23.2. The summed E-state index contributed by atoms with van der Waals surface area (Å²) in [7, 11) is 5.41. The van der Waals surface area contributed by atoms with Crippen LogP contribution in [-0.4, -0.2) is 75.5 Å². The zero-order chi connectivity index (χ0) is 40.7. The van der Waals surface area contributed by atoms with Crippen molar-refractivity contribution >= 4 is 17.9 Å². The molecule has 0 aromatic heterocycles. The number of carbonyl (C=O) groups excluding carboxylic acids is 3. The average Bonchev–Trinajstić information content (AvgIpc) is 3.14. The lowest BCUT2D eigenvalue weighted by Crippen LogP contribution is -2.55. The van der Waals surface area contributed by atoms with E-state index in [-0.39, 0.29) is 42.7 Å². The van der Waals surface area contributed by atoms with Crippen molar-refractivity contribution in [2.24, 2.45) is 0 Å².